The van der Waals surface area contributed by atoms with Gasteiger partial charge in [0.1, 0.15) is 0 Å². The first-order valence-electron chi connectivity index (χ1n) is 9.53. The Labute approximate surface area is 191 Å². The summed E-state index contributed by atoms with van der Waals surface area (Å²) in [5.41, 5.74) is 0.0809. The van der Waals surface area contributed by atoms with Crippen LogP contribution in [0.4, 0.5) is 43.9 Å². The summed E-state index contributed by atoms with van der Waals surface area (Å²) in [4.78, 5) is 23.0. The molecule has 0 aliphatic rings. The summed E-state index contributed by atoms with van der Waals surface area (Å²) in [7, 11) is 0. The van der Waals surface area contributed by atoms with Crippen molar-refractivity contribution >= 4 is 11.8 Å². The second kappa shape index (κ2) is 9.74. The van der Waals surface area contributed by atoms with Gasteiger partial charge in [-0.25, -0.2) is 0 Å². The molecule has 0 unspecified atom stereocenters. The molecule has 14 heteroatoms. The summed E-state index contributed by atoms with van der Waals surface area (Å²) in [5, 5.41) is 2.31. The Hall–Kier alpha value is -3.32. The van der Waals surface area contributed by atoms with E-state index < -0.39 is 54.5 Å². The lowest BCUT2D eigenvalue weighted by molar-refractivity contribution is -0.387. The Morgan fingerprint density at radius 3 is 1.09 bits per heavy atom. The van der Waals surface area contributed by atoms with Crippen molar-refractivity contribution in [3.63, 3.8) is 0 Å². The maximum Gasteiger partial charge on any atom is 0.392 e. The molecule has 0 radical (unpaired) electrons. The van der Waals surface area contributed by atoms with Crippen molar-refractivity contribution < 1.29 is 53.5 Å². The fraction of sp³-hybridized carbons (Fsp3) is 0.333. The van der Waals surface area contributed by atoms with Crippen molar-refractivity contribution in [2.75, 3.05) is 0 Å². The lowest BCUT2D eigenvalue weighted by atomic mass is 9.93. The number of nitrogens with one attached hydrogen (secondary N) is 2. The van der Waals surface area contributed by atoms with E-state index in [1.165, 1.54) is 60.7 Å². The van der Waals surface area contributed by atoms with Crippen LogP contribution in [0.25, 0.3) is 0 Å². The molecule has 0 atom stereocenters. The third-order valence-electron chi connectivity index (χ3n) is 4.74. The zero-order valence-corrected chi connectivity index (χ0v) is 17.3. The summed E-state index contributed by atoms with van der Waals surface area (Å²) >= 11 is 0. The summed E-state index contributed by atoms with van der Waals surface area (Å²) in [6.07, 6.45) is 0. The minimum atomic E-state index is -7.55. The van der Waals surface area contributed by atoms with Crippen molar-refractivity contribution in [2.45, 2.75) is 42.7 Å². The highest BCUT2D eigenvalue weighted by atomic mass is 19.4. The van der Waals surface area contributed by atoms with Crippen LogP contribution in [-0.2, 0) is 22.7 Å². The monoisotopic (exact) mass is 518 g/mol. The van der Waals surface area contributed by atoms with E-state index in [0.717, 1.165) is 10.6 Å². The van der Waals surface area contributed by atoms with Crippen LogP contribution < -0.4 is 10.6 Å². The van der Waals surface area contributed by atoms with Gasteiger partial charge < -0.3 is 10.6 Å². The third-order valence-corrected chi connectivity index (χ3v) is 4.74. The van der Waals surface area contributed by atoms with Crippen LogP contribution in [0.2, 0.25) is 0 Å². The number of rotatable bonds is 10. The molecule has 0 aliphatic carbocycles. The van der Waals surface area contributed by atoms with Crippen LogP contribution in [0.15, 0.2) is 60.7 Å². The minimum absolute atomic E-state index is 0.0404. The number of hydrogen-bond acceptors (Lipinski definition) is 2. The second-order valence-electron chi connectivity index (χ2n) is 7.21. The highest BCUT2D eigenvalue weighted by molar-refractivity contribution is 5.86. The fourth-order valence-corrected chi connectivity index (χ4v) is 2.66. The van der Waals surface area contributed by atoms with E-state index in [9.17, 15) is 53.5 Å². The summed E-state index contributed by atoms with van der Waals surface area (Å²) < 4.78 is 140. The molecule has 35 heavy (non-hydrogen) atoms. The van der Waals surface area contributed by atoms with Crippen LogP contribution in [0.5, 0.6) is 0 Å². The first kappa shape index (κ1) is 27.9. The van der Waals surface area contributed by atoms with Crippen LogP contribution >= 0.6 is 0 Å². The molecule has 0 heterocycles. The summed E-state index contributed by atoms with van der Waals surface area (Å²) in [6, 6.07) is 13.1. The molecule has 0 aromatic heterocycles. The van der Waals surface area contributed by atoms with E-state index in [2.05, 4.69) is 0 Å². The van der Waals surface area contributed by atoms with Crippen molar-refractivity contribution in [2.24, 2.45) is 0 Å². The molecule has 0 aliphatic heterocycles. The Morgan fingerprint density at radius 2 is 0.800 bits per heavy atom. The van der Waals surface area contributed by atoms with Gasteiger partial charge in [0.25, 0.3) is 11.8 Å². The van der Waals surface area contributed by atoms with Crippen molar-refractivity contribution in [1.82, 2.24) is 10.6 Å². The predicted octanol–water partition coefficient (Wildman–Crippen LogP) is 4.80. The number of alkyl halides is 10. The molecule has 0 fully saturated rings. The topological polar surface area (TPSA) is 58.2 Å². The molecule has 0 bridgehead atoms. The maximum absolute atomic E-state index is 14.0. The average molecular weight is 518 g/mol. The van der Waals surface area contributed by atoms with Crippen LogP contribution in [0.3, 0.4) is 0 Å². The molecule has 2 N–H and O–H groups in total. The van der Waals surface area contributed by atoms with Gasteiger partial charge >= 0.3 is 29.6 Å². The molecule has 192 valence electrons. The van der Waals surface area contributed by atoms with Gasteiger partial charge in [0.2, 0.25) is 0 Å². The van der Waals surface area contributed by atoms with Gasteiger partial charge in [-0.2, -0.15) is 43.9 Å². The first-order valence-corrected chi connectivity index (χ1v) is 9.53. The highest BCUT2D eigenvalue weighted by Crippen LogP contribution is 2.57. The summed E-state index contributed by atoms with van der Waals surface area (Å²) in [5.74, 6) is -41.6. The van der Waals surface area contributed by atoms with E-state index in [1.54, 1.807) is 0 Å². The number of benzene rings is 2. The molecular formula is C21H16F10N2O2. The number of hydrogen-bond donors (Lipinski definition) is 2. The van der Waals surface area contributed by atoms with Gasteiger partial charge in [0, 0.05) is 13.1 Å². The van der Waals surface area contributed by atoms with E-state index in [4.69, 9.17) is 0 Å². The Kier molecular flexibility index (Phi) is 7.77. The van der Waals surface area contributed by atoms with Crippen molar-refractivity contribution in [3.8, 4) is 0 Å². The molecule has 0 spiro atoms. The second-order valence-corrected chi connectivity index (χ2v) is 7.21. The molecule has 2 amide bonds. The molecule has 2 rings (SSSR count). The average Bonchev–Trinajstić information content (AvgIpc) is 2.81. The van der Waals surface area contributed by atoms with E-state index in [-0.39, 0.29) is 11.1 Å². The van der Waals surface area contributed by atoms with Gasteiger partial charge in [-0.1, -0.05) is 60.7 Å². The Morgan fingerprint density at radius 1 is 0.514 bits per heavy atom. The maximum atomic E-state index is 14.0. The van der Waals surface area contributed by atoms with E-state index >= 15 is 0 Å². The van der Waals surface area contributed by atoms with E-state index in [0.29, 0.717) is 0 Å². The lowest BCUT2D eigenvalue weighted by Gasteiger charge is -2.38. The van der Waals surface area contributed by atoms with Crippen LogP contribution in [-0.4, -0.2) is 41.4 Å². The normalized spacial score (nSPS) is 13.3. The predicted molar refractivity (Wildman–Crippen MR) is 101 cm³/mol. The van der Waals surface area contributed by atoms with Gasteiger partial charge in [-0.15, -0.1) is 0 Å². The third kappa shape index (κ3) is 5.05. The Balaban J connectivity index is 2.25. The highest BCUT2D eigenvalue weighted by Gasteiger charge is 2.88. The van der Waals surface area contributed by atoms with E-state index in [1.807, 2.05) is 0 Å². The van der Waals surface area contributed by atoms with Gasteiger partial charge in [0.05, 0.1) is 0 Å². The number of carbonyl (C=O) groups excluding carboxylic acids is 2. The molecule has 4 nitrogen and oxygen atoms in total. The smallest absolute Gasteiger partial charge is 0.347 e. The van der Waals surface area contributed by atoms with Crippen LogP contribution in [0, 0.1) is 0 Å². The zero-order chi connectivity index (χ0) is 26.7. The zero-order valence-electron chi connectivity index (χ0n) is 17.3. The molecule has 0 saturated carbocycles. The summed E-state index contributed by atoms with van der Waals surface area (Å²) in [6.45, 7) is -1.79. The van der Waals surface area contributed by atoms with Gasteiger partial charge in [-0.3, -0.25) is 9.59 Å². The standard InChI is InChI=1S/C21H16F10N2O2/c22-17(23,15(34)32-11-13-7-3-1-4-8-13)19(26,27)21(30,31)20(28,29)18(24,25)16(35)33-12-14-9-5-2-6-10-14/h1-10H,11-12H2,(H,32,34)(H,33,35). The number of amides is 2. The van der Waals surface area contributed by atoms with Gasteiger partial charge in [0.15, 0.2) is 0 Å². The largest absolute Gasteiger partial charge is 0.392 e. The Bertz CT molecular complexity index is 949. The van der Waals surface area contributed by atoms with Gasteiger partial charge in [-0.05, 0) is 11.1 Å². The van der Waals surface area contributed by atoms with Crippen molar-refractivity contribution in [1.29, 1.82) is 0 Å². The molecule has 2 aromatic carbocycles. The quantitative estimate of drug-likeness (QED) is 0.445. The fourth-order valence-electron chi connectivity index (χ4n) is 2.66. The van der Waals surface area contributed by atoms with Crippen LogP contribution in [0.1, 0.15) is 11.1 Å². The number of halogens is 10. The number of carbonyl (C=O) groups is 2. The first-order chi connectivity index (χ1) is 16.0. The minimum Gasteiger partial charge on any atom is -0.347 e. The molecular weight excluding hydrogens is 502 g/mol. The molecule has 2 aromatic rings. The molecule has 0 saturated heterocycles. The SMILES string of the molecule is O=C(NCc1ccccc1)C(F)(F)C(F)(F)C(F)(F)C(F)(F)C(F)(F)C(=O)NCc1ccccc1. The van der Waals surface area contributed by atoms with Crippen molar-refractivity contribution in [3.05, 3.63) is 71.8 Å². The lowest BCUT2D eigenvalue weighted by Crippen LogP contribution is -2.71.